The van der Waals surface area contributed by atoms with Crippen molar-refractivity contribution in [1.29, 1.82) is 5.26 Å². The monoisotopic (exact) mass is 299 g/mol. The largest absolute Gasteiger partial charge is 0.388 e. The molecular formula is C18H20FN2O. The van der Waals surface area contributed by atoms with Gasteiger partial charge in [0.1, 0.15) is 11.4 Å². The number of nitrogens with zero attached hydrogens (tertiary/aromatic N) is 2. The van der Waals surface area contributed by atoms with Gasteiger partial charge in [0.2, 0.25) is 0 Å². The number of rotatable bonds is 3. The summed E-state index contributed by atoms with van der Waals surface area (Å²) in [7, 11) is 0. The summed E-state index contributed by atoms with van der Waals surface area (Å²) in [4.78, 5) is 1.78. The number of hydrogen-bond donors (Lipinski definition) is 1. The Balaban J connectivity index is 2.57. The lowest BCUT2D eigenvalue weighted by Crippen LogP contribution is -2.50. The molecule has 2 atom stereocenters. The van der Waals surface area contributed by atoms with Crippen molar-refractivity contribution in [3.05, 3.63) is 66.0 Å². The quantitative estimate of drug-likeness (QED) is 0.930. The van der Waals surface area contributed by atoms with Crippen LogP contribution in [-0.4, -0.2) is 22.2 Å². The van der Waals surface area contributed by atoms with E-state index in [0.717, 1.165) is 5.70 Å². The molecule has 1 aliphatic rings. The average Bonchev–Trinajstić information content (AvgIpc) is 2.47. The van der Waals surface area contributed by atoms with Crippen LogP contribution in [0.1, 0.15) is 31.9 Å². The Kier molecular flexibility index (Phi) is 4.12. The van der Waals surface area contributed by atoms with E-state index in [2.05, 4.69) is 13.0 Å². The Bertz CT molecular complexity index is 679. The summed E-state index contributed by atoms with van der Waals surface area (Å²) in [5, 5.41) is 19.2. The molecule has 0 bridgehead atoms. The second-order valence-corrected chi connectivity index (χ2v) is 6.17. The molecule has 0 spiro atoms. The van der Waals surface area contributed by atoms with Gasteiger partial charge in [0.25, 0.3) is 0 Å². The van der Waals surface area contributed by atoms with E-state index >= 15 is 0 Å². The van der Waals surface area contributed by atoms with Crippen LogP contribution in [0.5, 0.6) is 0 Å². The summed E-state index contributed by atoms with van der Waals surface area (Å²) >= 11 is 0. The number of aliphatic hydroxyl groups is 1. The summed E-state index contributed by atoms with van der Waals surface area (Å²) in [5.41, 5.74) is -0.332. The van der Waals surface area contributed by atoms with E-state index in [-0.39, 0.29) is 12.4 Å². The summed E-state index contributed by atoms with van der Waals surface area (Å²) in [5.74, 6) is -0.336. The topological polar surface area (TPSA) is 47.3 Å². The van der Waals surface area contributed by atoms with Crippen molar-refractivity contribution in [3.8, 4) is 6.07 Å². The molecule has 0 aliphatic carbocycles. The normalized spacial score (nSPS) is 22.0. The van der Waals surface area contributed by atoms with E-state index in [9.17, 15) is 9.50 Å². The van der Waals surface area contributed by atoms with Gasteiger partial charge in [-0.2, -0.15) is 5.26 Å². The van der Waals surface area contributed by atoms with Crippen LogP contribution in [0.4, 0.5) is 4.39 Å². The first-order valence-corrected chi connectivity index (χ1v) is 7.09. The molecule has 2 rings (SSSR count). The summed E-state index contributed by atoms with van der Waals surface area (Å²) < 4.78 is 14.7. The third-order valence-electron chi connectivity index (χ3n) is 3.95. The van der Waals surface area contributed by atoms with Crippen LogP contribution in [0.25, 0.3) is 0 Å². The molecule has 4 heteroatoms. The molecule has 115 valence electrons. The summed E-state index contributed by atoms with van der Waals surface area (Å²) in [6.45, 7) is 9.08. The minimum Gasteiger partial charge on any atom is -0.388 e. The molecule has 0 aromatic heterocycles. The van der Waals surface area contributed by atoms with Crippen LogP contribution >= 0.6 is 0 Å². The van der Waals surface area contributed by atoms with Gasteiger partial charge in [-0.1, -0.05) is 12.1 Å². The van der Waals surface area contributed by atoms with Crippen molar-refractivity contribution in [3.63, 3.8) is 0 Å². The molecule has 0 saturated carbocycles. The van der Waals surface area contributed by atoms with Crippen molar-refractivity contribution < 1.29 is 9.50 Å². The lowest BCUT2D eigenvalue weighted by atomic mass is 9.84. The third-order valence-corrected chi connectivity index (χ3v) is 3.95. The van der Waals surface area contributed by atoms with Gasteiger partial charge in [0.15, 0.2) is 0 Å². The molecular weight excluding hydrogens is 279 g/mol. The van der Waals surface area contributed by atoms with Crippen LogP contribution in [0.2, 0.25) is 0 Å². The molecule has 2 unspecified atom stereocenters. The molecule has 1 aliphatic heterocycles. The molecule has 22 heavy (non-hydrogen) atoms. The molecule has 1 N–H and O–H groups in total. The van der Waals surface area contributed by atoms with E-state index in [1.165, 1.54) is 6.08 Å². The van der Waals surface area contributed by atoms with Crippen molar-refractivity contribution in [2.24, 2.45) is 0 Å². The standard InChI is InChI=1S/C18H20FN2O/c1-13-8-9-16(19)18(4,21(13)12-17(2,3)22)15-7-5-6-14(10-15)11-20/h5-10,22H,2,12H2,1,3-4H3. The van der Waals surface area contributed by atoms with Crippen molar-refractivity contribution in [2.45, 2.75) is 31.9 Å². The van der Waals surface area contributed by atoms with Gasteiger partial charge >= 0.3 is 0 Å². The number of β-amino-alcohol motifs (C(OH)–C–C–N with tert-alkyl or cyclic N) is 1. The molecule has 1 aromatic carbocycles. The van der Waals surface area contributed by atoms with Gasteiger partial charge in [-0.25, -0.2) is 4.39 Å². The Morgan fingerprint density at radius 3 is 2.73 bits per heavy atom. The summed E-state index contributed by atoms with van der Waals surface area (Å²) in [6.07, 6.45) is 3.11. The van der Waals surface area contributed by atoms with Crippen LogP contribution in [-0.2, 0) is 5.54 Å². The molecule has 3 nitrogen and oxygen atoms in total. The summed E-state index contributed by atoms with van der Waals surface area (Å²) in [6, 6.07) is 8.96. The maximum absolute atomic E-state index is 14.7. The van der Waals surface area contributed by atoms with Gasteiger partial charge in [-0.15, -0.1) is 0 Å². The van der Waals surface area contributed by atoms with Crippen molar-refractivity contribution in [1.82, 2.24) is 4.90 Å². The molecule has 1 heterocycles. The number of benzene rings is 1. The van der Waals surface area contributed by atoms with Crippen molar-refractivity contribution in [2.75, 3.05) is 6.54 Å². The zero-order valence-electron chi connectivity index (χ0n) is 13.1. The van der Waals surface area contributed by atoms with Crippen molar-refractivity contribution >= 4 is 0 Å². The number of allylic oxidation sites excluding steroid dienone is 3. The van der Waals surface area contributed by atoms with E-state index in [1.54, 1.807) is 49.1 Å². The first-order chi connectivity index (χ1) is 10.2. The van der Waals surface area contributed by atoms with Gasteiger partial charge < -0.3 is 10.0 Å². The first-order valence-electron chi connectivity index (χ1n) is 7.09. The maximum Gasteiger partial charge on any atom is 0.130 e. The van der Waals surface area contributed by atoms with Crippen LogP contribution in [0.15, 0.2) is 47.9 Å². The minimum atomic E-state index is -1.22. The Morgan fingerprint density at radius 1 is 1.45 bits per heavy atom. The second kappa shape index (κ2) is 5.58. The smallest absolute Gasteiger partial charge is 0.130 e. The predicted molar refractivity (Wildman–Crippen MR) is 84.1 cm³/mol. The highest BCUT2D eigenvalue weighted by molar-refractivity contribution is 5.43. The number of nitriles is 1. The number of hydrogen-bond acceptors (Lipinski definition) is 3. The predicted octanol–water partition coefficient (Wildman–Crippen LogP) is 3.43. The SMILES string of the molecule is [CH2]C(C)(O)CN1C(C)=CC=C(F)C1(C)c1cccc(C#N)c1. The highest BCUT2D eigenvalue weighted by Crippen LogP contribution is 2.42. The molecule has 0 amide bonds. The molecule has 0 fully saturated rings. The Hall–Kier alpha value is -2.12. The highest BCUT2D eigenvalue weighted by atomic mass is 19.1. The molecule has 0 saturated heterocycles. The molecule has 1 aromatic rings. The Morgan fingerprint density at radius 2 is 2.14 bits per heavy atom. The zero-order valence-corrected chi connectivity index (χ0v) is 13.1. The fraction of sp³-hybridized carbons (Fsp3) is 0.333. The van der Waals surface area contributed by atoms with E-state index in [1.807, 2.05) is 6.92 Å². The van der Waals surface area contributed by atoms with Gasteiger partial charge in [0, 0.05) is 12.2 Å². The third kappa shape index (κ3) is 2.90. The van der Waals surface area contributed by atoms with E-state index in [0.29, 0.717) is 11.1 Å². The van der Waals surface area contributed by atoms with Crippen LogP contribution < -0.4 is 0 Å². The van der Waals surface area contributed by atoms with Gasteiger partial charge in [-0.05, 0) is 57.5 Å². The van der Waals surface area contributed by atoms with E-state index in [4.69, 9.17) is 5.26 Å². The fourth-order valence-corrected chi connectivity index (χ4v) is 2.74. The lowest BCUT2D eigenvalue weighted by molar-refractivity contribution is 0.0309. The van der Waals surface area contributed by atoms with Gasteiger partial charge in [0.05, 0.1) is 17.2 Å². The maximum atomic E-state index is 14.7. The van der Waals surface area contributed by atoms with Crippen LogP contribution in [0.3, 0.4) is 0 Å². The molecule has 1 radical (unpaired) electrons. The fourth-order valence-electron chi connectivity index (χ4n) is 2.74. The highest BCUT2D eigenvalue weighted by Gasteiger charge is 2.42. The minimum absolute atomic E-state index is 0.171. The zero-order chi connectivity index (χ0) is 16.5. The van der Waals surface area contributed by atoms with E-state index < -0.39 is 11.1 Å². The first kappa shape index (κ1) is 16.3. The lowest BCUT2D eigenvalue weighted by Gasteiger charge is -2.47. The van der Waals surface area contributed by atoms with Crippen LogP contribution in [0, 0.1) is 18.3 Å². The second-order valence-electron chi connectivity index (χ2n) is 6.17. The van der Waals surface area contributed by atoms with Gasteiger partial charge in [-0.3, -0.25) is 0 Å². The average molecular weight is 299 g/mol. The number of halogens is 1. The Labute approximate surface area is 131 Å².